The van der Waals surface area contributed by atoms with Crippen molar-refractivity contribution in [1.29, 1.82) is 0 Å². The summed E-state index contributed by atoms with van der Waals surface area (Å²) >= 11 is 0. The van der Waals surface area contributed by atoms with Crippen molar-refractivity contribution >= 4 is 47.2 Å². The van der Waals surface area contributed by atoms with Gasteiger partial charge in [0.05, 0.1) is 5.56 Å². The number of rotatable bonds is 10. The lowest BCUT2D eigenvalue weighted by molar-refractivity contribution is -0.146. The molecule has 1 saturated carbocycles. The summed E-state index contributed by atoms with van der Waals surface area (Å²) in [5, 5.41) is 10.2. The van der Waals surface area contributed by atoms with Crippen LogP contribution in [0.2, 0.25) is 0 Å². The van der Waals surface area contributed by atoms with E-state index in [2.05, 4.69) is 20.7 Å². The first-order chi connectivity index (χ1) is 19.2. The predicted octanol–water partition coefficient (Wildman–Crippen LogP) is 2.84. The minimum Gasteiger partial charge on any atom is -0.425 e. The number of ether oxygens (including phenoxy) is 2. The molecule has 0 atom stereocenters. The molecule has 2 N–H and O–H groups in total. The van der Waals surface area contributed by atoms with Crippen molar-refractivity contribution < 1.29 is 33.4 Å². The monoisotopic (exact) mass is 548 g/mol. The van der Waals surface area contributed by atoms with Crippen molar-refractivity contribution in [2.24, 2.45) is 0 Å². The summed E-state index contributed by atoms with van der Waals surface area (Å²) in [5.74, 6) is -1.27. The average Bonchev–Trinajstić information content (AvgIpc) is 3.70. The molecule has 0 spiro atoms. The van der Waals surface area contributed by atoms with Gasteiger partial charge in [0.25, 0.3) is 11.8 Å². The Balaban J connectivity index is 1.58. The summed E-state index contributed by atoms with van der Waals surface area (Å²) in [4.78, 5) is 65.8. The molecule has 0 radical (unpaired) electrons. The number of carbonyl (C=O) groups is 5. The van der Waals surface area contributed by atoms with Gasteiger partial charge >= 0.3 is 12.1 Å². The van der Waals surface area contributed by atoms with Crippen molar-refractivity contribution in [3.05, 3.63) is 65.1 Å². The lowest BCUT2D eigenvalue weighted by Gasteiger charge is -2.19. The second-order valence-corrected chi connectivity index (χ2v) is 8.98. The van der Waals surface area contributed by atoms with E-state index in [0.29, 0.717) is 53.8 Å². The fourth-order valence-corrected chi connectivity index (χ4v) is 3.99. The largest absolute Gasteiger partial charge is 0.425 e. The molecule has 13 nitrogen and oxygen atoms in total. The zero-order chi connectivity index (χ0) is 28.8. The Morgan fingerprint density at radius 1 is 1.18 bits per heavy atom. The third-order valence-electron chi connectivity index (χ3n) is 6.17. The van der Waals surface area contributed by atoms with Gasteiger partial charge in [0.15, 0.2) is 5.82 Å². The Morgan fingerprint density at radius 2 is 1.95 bits per heavy atom. The number of carbonyl (C=O) groups excluding carboxylic acids is 5. The molecule has 2 aromatic heterocycles. The summed E-state index contributed by atoms with van der Waals surface area (Å²) in [6, 6.07) is 4.92. The summed E-state index contributed by atoms with van der Waals surface area (Å²) in [7, 11) is 0. The SMILES string of the molecule is CCNC(=O)c1ccc(C)c(Nc2ncnn3cc(C(=O)N(C(=O)OCOC(=O)/C=C/C=O)C4CC4)c(C)c23)c1. The number of imide groups is 1. The number of amides is 3. The first-order valence-corrected chi connectivity index (χ1v) is 12.5. The number of nitrogens with one attached hydrogen (secondary N) is 2. The zero-order valence-corrected chi connectivity index (χ0v) is 22.2. The smallest absolute Gasteiger partial charge is 0.419 e. The number of esters is 1. The molecule has 1 aliphatic carbocycles. The van der Waals surface area contributed by atoms with Crippen LogP contribution in [-0.4, -0.2) is 69.0 Å². The quantitative estimate of drug-likeness (QED) is 0.167. The second-order valence-electron chi connectivity index (χ2n) is 8.98. The fourth-order valence-electron chi connectivity index (χ4n) is 3.99. The van der Waals surface area contributed by atoms with E-state index in [9.17, 15) is 24.0 Å². The molecular weight excluding hydrogens is 520 g/mol. The molecule has 4 rings (SSSR count). The van der Waals surface area contributed by atoms with E-state index in [1.807, 2.05) is 19.9 Å². The number of nitrogens with zero attached hydrogens (tertiary/aromatic N) is 4. The molecule has 0 unspecified atom stereocenters. The molecule has 208 valence electrons. The van der Waals surface area contributed by atoms with Crippen LogP contribution >= 0.6 is 0 Å². The van der Waals surface area contributed by atoms with Gasteiger partial charge in [-0.1, -0.05) is 6.07 Å². The Labute approximate surface area is 229 Å². The van der Waals surface area contributed by atoms with Crippen LogP contribution in [0.4, 0.5) is 16.3 Å². The van der Waals surface area contributed by atoms with Crippen molar-refractivity contribution in [2.45, 2.75) is 39.7 Å². The van der Waals surface area contributed by atoms with Gasteiger partial charge in [-0.25, -0.2) is 24.0 Å². The van der Waals surface area contributed by atoms with E-state index >= 15 is 0 Å². The third-order valence-corrected chi connectivity index (χ3v) is 6.17. The number of fused-ring (bicyclic) bond motifs is 1. The first kappa shape index (κ1) is 28.0. The van der Waals surface area contributed by atoms with E-state index in [1.165, 1.54) is 17.0 Å². The molecular formula is C27H28N6O7. The van der Waals surface area contributed by atoms with Crippen LogP contribution in [0, 0.1) is 13.8 Å². The predicted molar refractivity (Wildman–Crippen MR) is 142 cm³/mol. The van der Waals surface area contributed by atoms with Crippen LogP contribution < -0.4 is 10.6 Å². The molecule has 1 fully saturated rings. The lowest BCUT2D eigenvalue weighted by Crippen LogP contribution is -2.39. The fraction of sp³-hybridized carbons (Fsp3) is 0.296. The van der Waals surface area contributed by atoms with E-state index in [-0.39, 0.29) is 17.5 Å². The van der Waals surface area contributed by atoms with Crippen LogP contribution in [0.1, 0.15) is 51.6 Å². The number of benzene rings is 1. The number of aromatic nitrogens is 3. The van der Waals surface area contributed by atoms with Gasteiger partial charge in [0.2, 0.25) is 6.79 Å². The van der Waals surface area contributed by atoms with Crippen molar-refractivity contribution in [3.8, 4) is 0 Å². The average molecular weight is 549 g/mol. The topological polar surface area (TPSA) is 161 Å². The van der Waals surface area contributed by atoms with Gasteiger partial charge in [-0.3, -0.25) is 14.4 Å². The number of anilines is 2. The summed E-state index contributed by atoms with van der Waals surface area (Å²) in [6.45, 7) is 5.22. The number of allylic oxidation sites excluding steroid dienone is 1. The summed E-state index contributed by atoms with van der Waals surface area (Å²) in [6.07, 6.45) is 5.32. The number of aryl methyl sites for hydroxylation is 2. The highest BCUT2D eigenvalue weighted by molar-refractivity contribution is 6.06. The van der Waals surface area contributed by atoms with Gasteiger partial charge in [-0.05, 0) is 62.9 Å². The highest BCUT2D eigenvalue weighted by Crippen LogP contribution is 2.32. The summed E-state index contributed by atoms with van der Waals surface area (Å²) in [5.41, 5.74) is 3.25. The minimum atomic E-state index is -0.962. The maximum absolute atomic E-state index is 13.5. The molecule has 3 aromatic rings. The van der Waals surface area contributed by atoms with E-state index in [4.69, 9.17) is 9.47 Å². The first-order valence-electron chi connectivity index (χ1n) is 12.5. The van der Waals surface area contributed by atoms with Crippen LogP contribution in [-0.2, 0) is 19.1 Å². The second kappa shape index (κ2) is 12.2. The molecule has 0 bridgehead atoms. The van der Waals surface area contributed by atoms with Crippen molar-refractivity contribution in [3.63, 3.8) is 0 Å². The number of hydrogen-bond acceptors (Lipinski definition) is 10. The normalized spacial score (nSPS) is 12.7. The molecule has 1 aliphatic rings. The Hall–Kier alpha value is -5.07. The Bertz CT molecular complexity index is 1510. The molecule has 40 heavy (non-hydrogen) atoms. The molecule has 1 aromatic carbocycles. The van der Waals surface area contributed by atoms with Crippen LogP contribution in [0.15, 0.2) is 42.9 Å². The standard InChI is InChI=1S/C27H28N6O7/c1-4-28-25(36)18-8-7-16(2)21(12-18)31-24-23-17(3)20(13-32(23)30-14-29-24)26(37)33(19-9-10-19)27(38)40-15-39-22(35)6-5-11-34/h5-8,11-14,19H,4,9-10,15H2,1-3H3,(H,28,36)(H,29,30,31)/b6-5+. The lowest BCUT2D eigenvalue weighted by atomic mass is 10.1. The minimum absolute atomic E-state index is 0.204. The van der Waals surface area contributed by atoms with Gasteiger partial charge < -0.3 is 20.1 Å². The molecule has 0 saturated heterocycles. The third kappa shape index (κ3) is 6.14. The highest BCUT2D eigenvalue weighted by Gasteiger charge is 2.40. The number of aldehydes is 1. The van der Waals surface area contributed by atoms with Gasteiger partial charge in [-0.2, -0.15) is 5.10 Å². The molecule has 3 amide bonds. The van der Waals surface area contributed by atoms with Gasteiger partial charge in [-0.15, -0.1) is 0 Å². The van der Waals surface area contributed by atoms with E-state index < -0.39 is 24.8 Å². The Kier molecular flexibility index (Phi) is 8.52. The summed E-state index contributed by atoms with van der Waals surface area (Å²) < 4.78 is 11.2. The van der Waals surface area contributed by atoms with Crippen LogP contribution in [0.3, 0.4) is 0 Å². The van der Waals surface area contributed by atoms with E-state index in [0.717, 1.165) is 22.6 Å². The highest BCUT2D eigenvalue weighted by atomic mass is 16.7. The molecule has 2 heterocycles. The van der Waals surface area contributed by atoms with Crippen molar-refractivity contribution in [2.75, 3.05) is 18.7 Å². The van der Waals surface area contributed by atoms with Gasteiger partial charge in [0, 0.05) is 36.1 Å². The van der Waals surface area contributed by atoms with Crippen molar-refractivity contribution in [1.82, 2.24) is 24.8 Å². The maximum atomic E-state index is 13.5. The number of hydrogen-bond donors (Lipinski definition) is 2. The Morgan fingerprint density at radius 3 is 2.65 bits per heavy atom. The molecule has 13 heteroatoms. The maximum Gasteiger partial charge on any atom is 0.419 e. The van der Waals surface area contributed by atoms with Gasteiger partial charge in [0.1, 0.15) is 18.1 Å². The van der Waals surface area contributed by atoms with E-state index in [1.54, 1.807) is 19.1 Å². The van der Waals surface area contributed by atoms with Crippen LogP contribution in [0.5, 0.6) is 0 Å². The van der Waals surface area contributed by atoms with Crippen LogP contribution in [0.25, 0.3) is 5.52 Å². The molecule has 0 aliphatic heterocycles. The zero-order valence-electron chi connectivity index (χ0n) is 22.2.